The Morgan fingerprint density at radius 2 is 2.05 bits per heavy atom. The quantitative estimate of drug-likeness (QED) is 0.727. The lowest BCUT2D eigenvalue weighted by molar-refractivity contribution is 0.0226. The number of carbonyl (C=O) groups is 1. The van der Waals surface area contributed by atoms with Crippen molar-refractivity contribution in [3.63, 3.8) is 0 Å². The first-order valence-corrected chi connectivity index (χ1v) is 8.50. The topological polar surface area (TPSA) is 41.6 Å². The van der Waals surface area contributed by atoms with Gasteiger partial charge in [0.1, 0.15) is 5.60 Å². The Kier molecular flexibility index (Phi) is 7.50. The van der Waals surface area contributed by atoms with Crippen molar-refractivity contribution in [3.05, 3.63) is 0 Å². The standard InChI is InChI=1S/C17H34N2O2/c1-14(2)9-6-7-11-18-13-15-10-8-12-19(15)16(20)21-17(3,4)5/h14-15,18H,6-13H2,1-5H3. The Labute approximate surface area is 130 Å². The molecule has 124 valence electrons. The Bertz CT molecular complexity index is 310. The third-order valence-electron chi connectivity index (χ3n) is 3.77. The summed E-state index contributed by atoms with van der Waals surface area (Å²) >= 11 is 0. The molecule has 0 aromatic heterocycles. The minimum absolute atomic E-state index is 0.161. The first kappa shape index (κ1) is 18.3. The summed E-state index contributed by atoms with van der Waals surface area (Å²) in [5.41, 5.74) is -0.408. The molecule has 1 unspecified atom stereocenters. The van der Waals surface area contributed by atoms with Gasteiger partial charge in [-0.05, 0) is 52.5 Å². The van der Waals surface area contributed by atoms with Gasteiger partial charge in [-0.25, -0.2) is 4.79 Å². The highest BCUT2D eigenvalue weighted by atomic mass is 16.6. The van der Waals surface area contributed by atoms with Crippen LogP contribution in [-0.2, 0) is 4.74 Å². The molecular formula is C17H34N2O2. The van der Waals surface area contributed by atoms with Crippen LogP contribution in [0, 0.1) is 5.92 Å². The van der Waals surface area contributed by atoms with E-state index in [4.69, 9.17) is 4.74 Å². The zero-order chi connectivity index (χ0) is 15.9. The maximum Gasteiger partial charge on any atom is 0.410 e. The number of unbranched alkanes of at least 4 members (excludes halogenated alkanes) is 1. The molecule has 1 atom stereocenters. The van der Waals surface area contributed by atoms with Crippen molar-refractivity contribution in [3.8, 4) is 0 Å². The molecule has 0 bridgehead atoms. The van der Waals surface area contributed by atoms with Gasteiger partial charge in [0.25, 0.3) is 0 Å². The molecular weight excluding hydrogens is 264 g/mol. The molecule has 4 heteroatoms. The highest BCUT2D eigenvalue weighted by Gasteiger charge is 2.31. The lowest BCUT2D eigenvalue weighted by Crippen LogP contribution is -2.44. The van der Waals surface area contributed by atoms with Crippen molar-refractivity contribution in [2.24, 2.45) is 5.92 Å². The number of carbonyl (C=O) groups excluding carboxylic acids is 1. The van der Waals surface area contributed by atoms with Crippen molar-refractivity contribution in [2.75, 3.05) is 19.6 Å². The Morgan fingerprint density at radius 1 is 1.33 bits per heavy atom. The van der Waals surface area contributed by atoms with Crippen LogP contribution in [0.4, 0.5) is 4.79 Å². The highest BCUT2D eigenvalue weighted by Crippen LogP contribution is 2.20. The Balaban J connectivity index is 2.23. The molecule has 0 aromatic carbocycles. The monoisotopic (exact) mass is 298 g/mol. The molecule has 1 aliphatic heterocycles. The molecule has 1 heterocycles. The predicted octanol–water partition coefficient (Wildman–Crippen LogP) is 3.80. The third-order valence-corrected chi connectivity index (χ3v) is 3.77. The minimum Gasteiger partial charge on any atom is -0.444 e. The summed E-state index contributed by atoms with van der Waals surface area (Å²) in [6.07, 6.45) is 5.81. The van der Waals surface area contributed by atoms with E-state index >= 15 is 0 Å². The largest absolute Gasteiger partial charge is 0.444 e. The van der Waals surface area contributed by atoms with Crippen molar-refractivity contribution in [1.29, 1.82) is 0 Å². The maximum atomic E-state index is 12.2. The van der Waals surface area contributed by atoms with E-state index < -0.39 is 5.60 Å². The first-order valence-electron chi connectivity index (χ1n) is 8.50. The van der Waals surface area contributed by atoms with Gasteiger partial charge < -0.3 is 15.0 Å². The van der Waals surface area contributed by atoms with E-state index in [0.717, 1.165) is 38.4 Å². The molecule has 1 aliphatic rings. The molecule has 1 rings (SSSR count). The summed E-state index contributed by atoms with van der Waals surface area (Å²) in [7, 11) is 0. The smallest absolute Gasteiger partial charge is 0.410 e. The predicted molar refractivity (Wildman–Crippen MR) is 87.5 cm³/mol. The number of amides is 1. The molecule has 0 saturated carbocycles. The van der Waals surface area contributed by atoms with Gasteiger partial charge in [0, 0.05) is 19.1 Å². The third kappa shape index (κ3) is 7.70. The summed E-state index contributed by atoms with van der Waals surface area (Å²) < 4.78 is 5.48. The molecule has 0 spiro atoms. The molecule has 0 aromatic rings. The fourth-order valence-corrected chi connectivity index (χ4v) is 2.68. The van der Waals surface area contributed by atoms with Crippen LogP contribution in [0.3, 0.4) is 0 Å². The van der Waals surface area contributed by atoms with Crippen LogP contribution in [0.15, 0.2) is 0 Å². The number of rotatable bonds is 7. The number of nitrogens with one attached hydrogen (secondary N) is 1. The molecule has 1 amide bonds. The van der Waals surface area contributed by atoms with E-state index in [2.05, 4.69) is 19.2 Å². The van der Waals surface area contributed by atoms with Crippen molar-refractivity contribution in [2.45, 2.75) is 78.4 Å². The van der Waals surface area contributed by atoms with E-state index in [-0.39, 0.29) is 6.09 Å². The zero-order valence-corrected chi connectivity index (χ0v) is 14.6. The summed E-state index contributed by atoms with van der Waals surface area (Å²) in [5.74, 6) is 0.794. The van der Waals surface area contributed by atoms with E-state index in [1.165, 1.54) is 19.3 Å². The van der Waals surface area contributed by atoms with Crippen LogP contribution in [0.25, 0.3) is 0 Å². The van der Waals surface area contributed by atoms with Crippen LogP contribution >= 0.6 is 0 Å². The Hall–Kier alpha value is -0.770. The first-order chi connectivity index (χ1) is 9.79. The summed E-state index contributed by atoms with van der Waals surface area (Å²) in [5, 5.41) is 3.50. The van der Waals surface area contributed by atoms with Gasteiger partial charge >= 0.3 is 6.09 Å². The summed E-state index contributed by atoms with van der Waals surface area (Å²) in [4.78, 5) is 14.1. The maximum absolute atomic E-state index is 12.2. The van der Waals surface area contributed by atoms with Crippen molar-refractivity contribution < 1.29 is 9.53 Å². The van der Waals surface area contributed by atoms with Gasteiger partial charge in [-0.3, -0.25) is 0 Å². The van der Waals surface area contributed by atoms with E-state index in [9.17, 15) is 4.79 Å². The fraction of sp³-hybridized carbons (Fsp3) is 0.941. The molecule has 4 nitrogen and oxygen atoms in total. The van der Waals surface area contributed by atoms with Crippen LogP contribution in [0.5, 0.6) is 0 Å². The van der Waals surface area contributed by atoms with Gasteiger partial charge in [0.05, 0.1) is 0 Å². The van der Waals surface area contributed by atoms with Crippen LogP contribution in [0.1, 0.15) is 66.7 Å². The molecule has 1 fully saturated rings. The van der Waals surface area contributed by atoms with Gasteiger partial charge in [0.2, 0.25) is 0 Å². The van der Waals surface area contributed by atoms with Crippen molar-refractivity contribution in [1.82, 2.24) is 10.2 Å². The summed E-state index contributed by atoms with van der Waals surface area (Å²) in [6, 6.07) is 0.296. The van der Waals surface area contributed by atoms with E-state index in [1.807, 2.05) is 25.7 Å². The Morgan fingerprint density at radius 3 is 2.67 bits per heavy atom. The lowest BCUT2D eigenvalue weighted by Gasteiger charge is -2.28. The highest BCUT2D eigenvalue weighted by molar-refractivity contribution is 5.69. The number of hydrogen-bond acceptors (Lipinski definition) is 3. The fourth-order valence-electron chi connectivity index (χ4n) is 2.68. The molecule has 0 radical (unpaired) electrons. The van der Waals surface area contributed by atoms with Crippen molar-refractivity contribution >= 4 is 6.09 Å². The second-order valence-electron chi connectivity index (χ2n) is 7.56. The second-order valence-corrected chi connectivity index (χ2v) is 7.56. The molecule has 1 saturated heterocycles. The molecule has 0 aliphatic carbocycles. The van der Waals surface area contributed by atoms with E-state index in [1.54, 1.807) is 0 Å². The molecule has 1 N–H and O–H groups in total. The van der Waals surface area contributed by atoms with Crippen LogP contribution in [0.2, 0.25) is 0 Å². The zero-order valence-electron chi connectivity index (χ0n) is 14.6. The SMILES string of the molecule is CC(C)CCCCNCC1CCCN1C(=O)OC(C)(C)C. The number of ether oxygens (including phenoxy) is 1. The second kappa shape index (κ2) is 8.62. The van der Waals surface area contributed by atoms with Gasteiger partial charge in [-0.15, -0.1) is 0 Å². The van der Waals surface area contributed by atoms with Gasteiger partial charge in [-0.1, -0.05) is 26.7 Å². The lowest BCUT2D eigenvalue weighted by atomic mass is 10.1. The average molecular weight is 298 g/mol. The van der Waals surface area contributed by atoms with Gasteiger partial charge in [-0.2, -0.15) is 0 Å². The number of nitrogens with zero attached hydrogens (tertiary/aromatic N) is 1. The summed E-state index contributed by atoms with van der Waals surface area (Å²) in [6.45, 7) is 13.1. The van der Waals surface area contributed by atoms with Crippen LogP contribution < -0.4 is 5.32 Å². The average Bonchev–Trinajstić information content (AvgIpc) is 2.79. The number of likely N-dealkylation sites (tertiary alicyclic amines) is 1. The molecule has 21 heavy (non-hydrogen) atoms. The van der Waals surface area contributed by atoms with E-state index in [0.29, 0.717) is 6.04 Å². The van der Waals surface area contributed by atoms with Gasteiger partial charge in [0.15, 0.2) is 0 Å². The normalized spacial score (nSPS) is 19.3. The van der Waals surface area contributed by atoms with Crippen LogP contribution in [-0.4, -0.2) is 42.3 Å². The minimum atomic E-state index is -0.408. The number of hydrogen-bond donors (Lipinski definition) is 1.